The molecule has 0 aromatic heterocycles. The Labute approximate surface area is 125 Å². The highest BCUT2D eigenvalue weighted by Gasteiger charge is 2.41. The van der Waals surface area contributed by atoms with E-state index in [4.69, 9.17) is 5.73 Å². The highest BCUT2D eigenvalue weighted by atomic mass is 16.3. The maximum atomic E-state index is 12.0. The minimum atomic E-state index is -0.141. The van der Waals surface area contributed by atoms with Crippen LogP contribution in [0.3, 0.4) is 0 Å². The van der Waals surface area contributed by atoms with Gasteiger partial charge in [-0.25, -0.2) is 0 Å². The SMILES string of the molecule is Nc1ccccc1NC(=O)CCN1CC2CCC(O)C2C1. The summed E-state index contributed by atoms with van der Waals surface area (Å²) in [6.07, 6.45) is 2.38. The van der Waals surface area contributed by atoms with Crippen molar-refractivity contribution in [2.45, 2.75) is 25.4 Å². The zero-order valence-electron chi connectivity index (χ0n) is 12.2. The molecule has 21 heavy (non-hydrogen) atoms. The second-order valence-corrected chi connectivity index (χ2v) is 6.21. The van der Waals surface area contributed by atoms with Crippen LogP contribution in [0.5, 0.6) is 0 Å². The summed E-state index contributed by atoms with van der Waals surface area (Å²) in [5.41, 5.74) is 7.08. The van der Waals surface area contributed by atoms with Crippen LogP contribution in [0, 0.1) is 11.8 Å². The van der Waals surface area contributed by atoms with Gasteiger partial charge in [0.15, 0.2) is 0 Å². The van der Waals surface area contributed by atoms with Crippen molar-refractivity contribution in [1.29, 1.82) is 0 Å². The maximum absolute atomic E-state index is 12.0. The molecular weight excluding hydrogens is 266 g/mol. The van der Waals surface area contributed by atoms with E-state index < -0.39 is 0 Å². The number of nitrogen functional groups attached to an aromatic ring is 1. The Morgan fingerprint density at radius 2 is 2.14 bits per heavy atom. The number of nitrogens with zero attached hydrogens (tertiary/aromatic N) is 1. The Kier molecular flexibility index (Phi) is 4.12. The van der Waals surface area contributed by atoms with Crippen LogP contribution < -0.4 is 11.1 Å². The lowest BCUT2D eigenvalue weighted by Gasteiger charge is -2.17. The van der Waals surface area contributed by atoms with Gasteiger partial charge in [-0.15, -0.1) is 0 Å². The van der Waals surface area contributed by atoms with Crippen LogP contribution in [0.1, 0.15) is 19.3 Å². The molecule has 3 unspecified atom stereocenters. The lowest BCUT2D eigenvalue weighted by atomic mass is 10.00. The molecule has 2 fully saturated rings. The van der Waals surface area contributed by atoms with Crippen molar-refractivity contribution in [3.8, 4) is 0 Å². The summed E-state index contributed by atoms with van der Waals surface area (Å²) in [6.45, 7) is 2.69. The normalized spacial score (nSPS) is 28.5. The quantitative estimate of drug-likeness (QED) is 0.730. The number of hydrogen-bond acceptors (Lipinski definition) is 4. The summed E-state index contributed by atoms with van der Waals surface area (Å²) < 4.78 is 0. The largest absolute Gasteiger partial charge is 0.397 e. The molecule has 1 saturated carbocycles. The molecule has 1 aliphatic carbocycles. The first-order valence-electron chi connectivity index (χ1n) is 7.68. The lowest BCUT2D eigenvalue weighted by Crippen LogP contribution is -2.28. The highest BCUT2D eigenvalue weighted by molar-refractivity contribution is 5.93. The van der Waals surface area contributed by atoms with Crippen molar-refractivity contribution in [2.24, 2.45) is 11.8 Å². The van der Waals surface area contributed by atoms with E-state index in [1.54, 1.807) is 6.07 Å². The summed E-state index contributed by atoms with van der Waals surface area (Å²) in [4.78, 5) is 14.3. The van der Waals surface area contributed by atoms with E-state index in [2.05, 4.69) is 10.2 Å². The van der Waals surface area contributed by atoms with Crippen molar-refractivity contribution in [2.75, 3.05) is 30.7 Å². The molecule has 114 valence electrons. The molecule has 2 aliphatic rings. The number of carbonyl (C=O) groups is 1. The van der Waals surface area contributed by atoms with Gasteiger partial charge < -0.3 is 21.1 Å². The summed E-state index contributed by atoms with van der Waals surface area (Å²) in [7, 11) is 0. The van der Waals surface area contributed by atoms with Crippen molar-refractivity contribution in [3.63, 3.8) is 0 Å². The average Bonchev–Trinajstić information content (AvgIpc) is 3.02. The second kappa shape index (κ2) is 6.03. The molecule has 3 rings (SSSR count). The Balaban J connectivity index is 1.46. The predicted molar refractivity (Wildman–Crippen MR) is 82.8 cm³/mol. The first-order valence-corrected chi connectivity index (χ1v) is 7.68. The summed E-state index contributed by atoms with van der Waals surface area (Å²) >= 11 is 0. The van der Waals surface area contributed by atoms with E-state index in [0.29, 0.717) is 29.6 Å². The first kappa shape index (κ1) is 14.4. The van der Waals surface area contributed by atoms with Gasteiger partial charge in [-0.1, -0.05) is 12.1 Å². The number of benzene rings is 1. The van der Waals surface area contributed by atoms with E-state index >= 15 is 0 Å². The van der Waals surface area contributed by atoms with Crippen LogP contribution in [0.15, 0.2) is 24.3 Å². The topological polar surface area (TPSA) is 78.6 Å². The van der Waals surface area contributed by atoms with Crippen molar-refractivity contribution >= 4 is 17.3 Å². The molecule has 5 heteroatoms. The van der Waals surface area contributed by atoms with Crippen LogP contribution in [0.2, 0.25) is 0 Å². The molecule has 5 nitrogen and oxygen atoms in total. The zero-order valence-corrected chi connectivity index (χ0v) is 12.2. The maximum Gasteiger partial charge on any atom is 0.225 e. The van der Waals surface area contributed by atoms with Crippen LogP contribution in [0.25, 0.3) is 0 Å². The lowest BCUT2D eigenvalue weighted by molar-refractivity contribution is -0.116. The Morgan fingerprint density at radius 1 is 1.33 bits per heavy atom. The zero-order chi connectivity index (χ0) is 14.8. The first-order chi connectivity index (χ1) is 10.1. The monoisotopic (exact) mass is 289 g/mol. The van der Waals surface area contributed by atoms with Crippen molar-refractivity contribution < 1.29 is 9.90 Å². The van der Waals surface area contributed by atoms with E-state index in [1.807, 2.05) is 18.2 Å². The number of likely N-dealkylation sites (tertiary alicyclic amines) is 1. The van der Waals surface area contributed by atoms with E-state index in [0.717, 1.165) is 32.5 Å². The Hall–Kier alpha value is -1.59. The van der Waals surface area contributed by atoms with E-state index in [-0.39, 0.29) is 12.0 Å². The van der Waals surface area contributed by atoms with E-state index in [9.17, 15) is 9.90 Å². The van der Waals surface area contributed by atoms with Gasteiger partial charge in [-0.2, -0.15) is 0 Å². The molecule has 1 aromatic rings. The third kappa shape index (κ3) is 3.19. The number of aliphatic hydroxyl groups is 1. The van der Waals surface area contributed by atoms with Crippen LogP contribution in [-0.4, -0.2) is 41.7 Å². The third-order valence-electron chi connectivity index (χ3n) is 4.78. The number of carbonyl (C=O) groups excluding carboxylic acids is 1. The third-order valence-corrected chi connectivity index (χ3v) is 4.78. The smallest absolute Gasteiger partial charge is 0.225 e. The van der Waals surface area contributed by atoms with Crippen LogP contribution in [-0.2, 0) is 4.79 Å². The molecule has 3 atom stereocenters. The van der Waals surface area contributed by atoms with Crippen molar-refractivity contribution in [1.82, 2.24) is 4.90 Å². The number of rotatable bonds is 4. The van der Waals surface area contributed by atoms with Gasteiger partial charge in [0, 0.05) is 32.0 Å². The summed E-state index contributed by atoms with van der Waals surface area (Å²) in [6, 6.07) is 7.29. The summed E-state index contributed by atoms with van der Waals surface area (Å²) in [5.74, 6) is 1.02. The molecule has 1 saturated heterocycles. The van der Waals surface area contributed by atoms with Gasteiger partial charge >= 0.3 is 0 Å². The fourth-order valence-electron chi connectivity index (χ4n) is 3.59. The Bertz CT molecular complexity index is 520. The number of hydrogen-bond donors (Lipinski definition) is 3. The van der Waals surface area contributed by atoms with E-state index in [1.165, 1.54) is 0 Å². The van der Waals surface area contributed by atoms with Crippen LogP contribution >= 0.6 is 0 Å². The van der Waals surface area contributed by atoms with Gasteiger partial charge in [-0.05, 0) is 30.9 Å². The number of fused-ring (bicyclic) bond motifs is 1. The number of para-hydroxylation sites is 2. The highest BCUT2D eigenvalue weighted by Crippen LogP contribution is 2.37. The standard InChI is InChI=1S/C16H23N3O2/c17-13-3-1-2-4-14(13)18-16(21)7-8-19-9-11-5-6-15(20)12(11)10-19/h1-4,11-12,15,20H,5-10,17H2,(H,18,21). The average molecular weight is 289 g/mol. The molecule has 1 heterocycles. The Morgan fingerprint density at radius 3 is 2.90 bits per heavy atom. The molecule has 1 aromatic carbocycles. The number of nitrogens with two attached hydrogens (primary N) is 1. The summed E-state index contributed by atoms with van der Waals surface area (Å²) in [5, 5.41) is 12.8. The number of amides is 1. The predicted octanol–water partition coefficient (Wildman–Crippen LogP) is 1.30. The van der Waals surface area contributed by atoms with Crippen LogP contribution in [0.4, 0.5) is 11.4 Å². The molecule has 0 spiro atoms. The second-order valence-electron chi connectivity index (χ2n) is 6.21. The minimum Gasteiger partial charge on any atom is -0.397 e. The molecule has 0 bridgehead atoms. The van der Waals surface area contributed by atoms with Gasteiger partial charge in [0.1, 0.15) is 0 Å². The van der Waals surface area contributed by atoms with Crippen molar-refractivity contribution in [3.05, 3.63) is 24.3 Å². The molecular formula is C16H23N3O2. The van der Waals surface area contributed by atoms with Gasteiger partial charge in [0.05, 0.1) is 17.5 Å². The number of anilines is 2. The number of aliphatic hydroxyl groups excluding tert-OH is 1. The fourth-order valence-corrected chi connectivity index (χ4v) is 3.59. The number of nitrogens with one attached hydrogen (secondary N) is 1. The molecule has 0 radical (unpaired) electrons. The molecule has 1 aliphatic heterocycles. The minimum absolute atomic E-state index is 0.00879. The van der Waals surface area contributed by atoms with Gasteiger partial charge in [0.2, 0.25) is 5.91 Å². The molecule has 4 N–H and O–H groups in total. The molecule has 1 amide bonds. The fraction of sp³-hybridized carbons (Fsp3) is 0.562. The van der Waals surface area contributed by atoms with Gasteiger partial charge in [0.25, 0.3) is 0 Å². The van der Waals surface area contributed by atoms with Gasteiger partial charge in [-0.3, -0.25) is 4.79 Å².